The van der Waals surface area contributed by atoms with E-state index in [0.717, 1.165) is 37.1 Å². The molecule has 126 valence electrons. The topological polar surface area (TPSA) is 93.4 Å². The minimum absolute atomic E-state index is 0.0648. The lowest BCUT2D eigenvalue weighted by Crippen LogP contribution is -2.43. The SMILES string of the molecule is COc1ccc(NCCNC(=O)[C@@H]2CCCC[C@@H]2C(N)=O)cc1. The van der Waals surface area contributed by atoms with Crippen LogP contribution >= 0.6 is 0 Å². The van der Waals surface area contributed by atoms with Crippen molar-refractivity contribution in [3.05, 3.63) is 24.3 Å². The molecule has 0 unspecified atom stereocenters. The van der Waals surface area contributed by atoms with Gasteiger partial charge < -0.3 is 21.1 Å². The second kappa shape index (κ2) is 8.41. The molecule has 0 heterocycles. The summed E-state index contributed by atoms with van der Waals surface area (Å²) in [5, 5.41) is 6.12. The van der Waals surface area contributed by atoms with Crippen LogP contribution in [0.15, 0.2) is 24.3 Å². The van der Waals surface area contributed by atoms with Crippen LogP contribution in [0.5, 0.6) is 5.75 Å². The molecule has 6 nitrogen and oxygen atoms in total. The van der Waals surface area contributed by atoms with Gasteiger partial charge in [-0.2, -0.15) is 0 Å². The first-order chi connectivity index (χ1) is 11.1. The molecule has 23 heavy (non-hydrogen) atoms. The van der Waals surface area contributed by atoms with Gasteiger partial charge in [-0.05, 0) is 37.1 Å². The van der Waals surface area contributed by atoms with E-state index in [1.165, 1.54) is 0 Å². The molecule has 1 fully saturated rings. The summed E-state index contributed by atoms with van der Waals surface area (Å²) in [5.41, 5.74) is 6.37. The molecule has 1 aliphatic rings. The van der Waals surface area contributed by atoms with E-state index in [9.17, 15) is 9.59 Å². The molecular weight excluding hydrogens is 294 g/mol. The van der Waals surface area contributed by atoms with Gasteiger partial charge in [-0.25, -0.2) is 0 Å². The number of rotatable bonds is 7. The van der Waals surface area contributed by atoms with E-state index in [0.29, 0.717) is 13.1 Å². The fraction of sp³-hybridized carbons (Fsp3) is 0.529. The highest BCUT2D eigenvalue weighted by atomic mass is 16.5. The summed E-state index contributed by atoms with van der Waals surface area (Å²) in [6.45, 7) is 1.12. The summed E-state index contributed by atoms with van der Waals surface area (Å²) in [4.78, 5) is 23.7. The molecule has 2 amide bonds. The predicted molar refractivity (Wildman–Crippen MR) is 89.1 cm³/mol. The Labute approximate surface area is 136 Å². The van der Waals surface area contributed by atoms with Crippen molar-refractivity contribution in [3.63, 3.8) is 0 Å². The molecule has 0 spiro atoms. The molecule has 4 N–H and O–H groups in total. The lowest BCUT2D eigenvalue weighted by atomic mass is 9.78. The van der Waals surface area contributed by atoms with Crippen LogP contribution in [-0.2, 0) is 9.59 Å². The van der Waals surface area contributed by atoms with Crippen molar-refractivity contribution in [2.45, 2.75) is 25.7 Å². The number of nitrogens with one attached hydrogen (secondary N) is 2. The predicted octanol–water partition coefficient (Wildman–Crippen LogP) is 1.51. The van der Waals surface area contributed by atoms with Crippen LogP contribution in [0.3, 0.4) is 0 Å². The number of anilines is 1. The van der Waals surface area contributed by atoms with Gasteiger partial charge >= 0.3 is 0 Å². The van der Waals surface area contributed by atoms with Crippen molar-refractivity contribution < 1.29 is 14.3 Å². The number of benzene rings is 1. The van der Waals surface area contributed by atoms with Crippen molar-refractivity contribution in [1.29, 1.82) is 0 Å². The third kappa shape index (κ3) is 4.87. The van der Waals surface area contributed by atoms with Crippen LogP contribution in [-0.4, -0.2) is 32.0 Å². The van der Waals surface area contributed by atoms with E-state index in [1.807, 2.05) is 24.3 Å². The Morgan fingerprint density at radius 1 is 1.13 bits per heavy atom. The minimum Gasteiger partial charge on any atom is -0.497 e. The molecule has 0 saturated heterocycles. The monoisotopic (exact) mass is 319 g/mol. The van der Waals surface area contributed by atoms with Gasteiger partial charge in [-0.15, -0.1) is 0 Å². The first-order valence-electron chi connectivity index (χ1n) is 8.06. The number of carbonyl (C=O) groups is 2. The molecule has 1 aromatic rings. The van der Waals surface area contributed by atoms with E-state index in [-0.39, 0.29) is 23.7 Å². The lowest BCUT2D eigenvalue weighted by molar-refractivity contribution is -0.134. The Morgan fingerprint density at radius 3 is 2.39 bits per heavy atom. The average Bonchev–Trinajstić information content (AvgIpc) is 2.59. The molecule has 2 rings (SSSR count). The zero-order valence-electron chi connectivity index (χ0n) is 13.5. The molecular formula is C17H25N3O3. The van der Waals surface area contributed by atoms with Crippen LogP contribution in [0.2, 0.25) is 0 Å². The van der Waals surface area contributed by atoms with Crippen LogP contribution in [0.25, 0.3) is 0 Å². The molecule has 1 aliphatic carbocycles. The molecule has 0 bridgehead atoms. The van der Waals surface area contributed by atoms with Crippen molar-refractivity contribution >= 4 is 17.5 Å². The Bertz CT molecular complexity index is 530. The van der Waals surface area contributed by atoms with Crippen molar-refractivity contribution in [2.24, 2.45) is 17.6 Å². The highest BCUT2D eigenvalue weighted by Gasteiger charge is 2.34. The normalized spacial score (nSPS) is 20.6. The smallest absolute Gasteiger partial charge is 0.223 e. The number of primary amides is 1. The first kappa shape index (κ1) is 17.1. The zero-order chi connectivity index (χ0) is 16.7. The molecule has 6 heteroatoms. The number of hydrogen-bond donors (Lipinski definition) is 3. The highest BCUT2D eigenvalue weighted by Crippen LogP contribution is 2.29. The fourth-order valence-electron chi connectivity index (χ4n) is 3.02. The van der Waals surface area contributed by atoms with Gasteiger partial charge in [0.05, 0.1) is 7.11 Å². The summed E-state index contributed by atoms with van der Waals surface area (Å²) in [5.74, 6) is -0.217. The van der Waals surface area contributed by atoms with Gasteiger partial charge in [0.2, 0.25) is 11.8 Å². The van der Waals surface area contributed by atoms with E-state index in [1.54, 1.807) is 7.11 Å². The number of amides is 2. The Morgan fingerprint density at radius 2 is 1.78 bits per heavy atom. The zero-order valence-corrected chi connectivity index (χ0v) is 13.5. The first-order valence-corrected chi connectivity index (χ1v) is 8.06. The lowest BCUT2D eigenvalue weighted by Gasteiger charge is -2.28. The maximum absolute atomic E-state index is 12.2. The van der Waals surface area contributed by atoms with Crippen molar-refractivity contribution in [3.8, 4) is 5.75 Å². The third-order valence-electron chi connectivity index (χ3n) is 4.31. The standard InChI is InChI=1S/C17H25N3O3/c1-23-13-8-6-12(7-9-13)19-10-11-20-17(22)15-5-3-2-4-14(15)16(18)21/h6-9,14-15,19H,2-5,10-11H2,1H3,(H2,18,21)(H,20,22)/t14-,15+/m0/s1. The van der Waals surface area contributed by atoms with Crippen LogP contribution in [0.1, 0.15) is 25.7 Å². The molecule has 2 atom stereocenters. The Kier molecular flexibility index (Phi) is 6.26. The average molecular weight is 319 g/mol. The second-order valence-electron chi connectivity index (χ2n) is 5.85. The molecule has 1 saturated carbocycles. The van der Waals surface area contributed by atoms with Gasteiger partial charge in [0, 0.05) is 30.6 Å². The number of methoxy groups -OCH3 is 1. The number of hydrogen-bond acceptors (Lipinski definition) is 4. The maximum Gasteiger partial charge on any atom is 0.223 e. The molecule has 1 aromatic carbocycles. The quantitative estimate of drug-likeness (QED) is 0.664. The van der Waals surface area contributed by atoms with E-state index >= 15 is 0 Å². The van der Waals surface area contributed by atoms with Crippen LogP contribution in [0.4, 0.5) is 5.69 Å². The minimum atomic E-state index is -0.360. The highest BCUT2D eigenvalue weighted by molar-refractivity contribution is 5.87. The number of carbonyl (C=O) groups excluding carboxylic acids is 2. The largest absolute Gasteiger partial charge is 0.497 e. The summed E-state index contributed by atoms with van der Waals surface area (Å²) in [7, 11) is 1.63. The summed E-state index contributed by atoms with van der Waals surface area (Å²) < 4.78 is 5.10. The third-order valence-corrected chi connectivity index (χ3v) is 4.31. The fourth-order valence-corrected chi connectivity index (χ4v) is 3.02. The molecule has 0 aromatic heterocycles. The van der Waals surface area contributed by atoms with Gasteiger partial charge in [0.15, 0.2) is 0 Å². The molecule has 0 aliphatic heterocycles. The van der Waals surface area contributed by atoms with Crippen molar-refractivity contribution in [2.75, 3.05) is 25.5 Å². The van der Waals surface area contributed by atoms with E-state index in [2.05, 4.69) is 10.6 Å². The summed E-state index contributed by atoms with van der Waals surface area (Å²) >= 11 is 0. The molecule has 0 radical (unpaired) electrons. The van der Waals surface area contributed by atoms with Gasteiger partial charge in [-0.1, -0.05) is 12.8 Å². The maximum atomic E-state index is 12.2. The number of nitrogens with two attached hydrogens (primary N) is 1. The van der Waals surface area contributed by atoms with Gasteiger partial charge in [0.25, 0.3) is 0 Å². The van der Waals surface area contributed by atoms with Gasteiger partial charge in [0.1, 0.15) is 5.75 Å². The van der Waals surface area contributed by atoms with Crippen molar-refractivity contribution in [1.82, 2.24) is 5.32 Å². The van der Waals surface area contributed by atoms with Crippen LogP contribution < -0.4 is 21.1 Å². The summed E-state index contributed by atoms with van der Waals surface area (Å²) in [6.07, 6.45) is 3.41. The summed E-state index contributed by atoms with van der Waals surface area (Å²) in [6, 6.07) is 7.59. The Balaban J connectivity index is 1.74. The Hall–Kier alpha value is -2.24. The number of ether oxygens (including phenoxy) is 1. The van der Waals surface area contributed by atoms with Crippen LogP contribution in [0, 0.1) is 11.8 Å². The van der Waals surface area contributed by atoms with Gasteiger partial charge in [-0.3, -0.25) is 9.59 Å². The van der Waals surface area contributed by atoms with E-state index < -0.39 is 0 Å². The van der Waals surface area contributed by atoms with E-state index in [4.69, 9.17) is 10.5 Å². The second-order valence-corrected chi connectivity index (χ2v) is 5.85.